The summed E-state index contributed by atoms with van der Waals surface area (Å²) in [6.07, 6.45) is 0. The largest absolute Gasteiger partial charge is 0.478 e. The van der Waals surface area contributed by atoms with Gasteiger partial charge in [-0.3, -0.25) is 0 Å². The number of benzene rings is 2. The summed E-state index contributed by atoms with van der Waals surface area (Å²) in [5.41, 5.74) is 1.37. The minimum atomic E-state index is -1.06. The predicted molar refractivity (Wildman–Crippen MR) is 98.6 cm³/mol. The van der Waals surface area contributed by atoms with Crippen molar-refractivity contribution in [2.24, 2.45) is 0 Å². The SMILES string of the molecule is O=C(NCc1ccc(C(=O)O)cc1)Nc1cc(F)c(F)cc1N1CCOCC1. The number of ether oxygens (including phenoxy) is 1. The smallest absolute Gasteiger partial charge is 0.335 e. The summed E-state index contributed by atoms with van der Waals surface area (Å²) in [7, 11) is 0. The second-order valence-electron chi connectivity index (χ2n) is 6.19. The molecule has 1 heterocycles. The molecule has 9 heteroatoms. The molecule has 0 saturated carbocycles. The summed E-state index contributed by atoms with van der Waals surface area (Å²) >= 11 is 0. The summed E-state index contributed by atoms with van der Waals surface area (Å²) < 4.78 is 32.7. The first kappa shape index (κ1) is 19.6. The first-order valence-corrected chi connectivity index (χ1v) is 8.63. The normalized spacial score (nSPS) is 13.9. The maximum absolute atomic E-state index is 13.7. The van der Waals surface area contributed by atoms with Crippen LogP contribution in [0.1, 0.15) is 15.9 Å². The number of urea groups is 1. The lowest BCUT2D eigenvalue weighted by Crippen LogP contribution is -2.37. The zero-order chi connectivity index (χ0) is 20.1. The summed E-state index contributed by atoms with van der Waals surface area (Å²) in [6.45, 7) is 2.05. The molecule has 1 saturated heterocycles. The number of halogens is 2. The zero-order valence-electron chi connectivity index (χ0n) is 14.9. The van der Waals surface area contributed by atoms with E-state index in [4.69, 9.17) is 9.84 Å². The van der Waals surface area contributed by atoms with E-state index in [1.54, 1.807) is 12.1 Å². The fourth-order valence-electron chi connectivity index (χ4n) is 2.82. The number of morpholine rings is 1. The third-order valence-electron chi connectivity index (χ3n) is 4.29. The Kier molecular flexibility index (Phi) is 6.05. The zero-order valence-corrected chi connectivity index (χ0v) is 14.9. The van der Waals surface area contributed by atoms with Gasteiger partial charge in [0.1, 0.15) is 0 Å². The number of hydrogen-bond acceptors (Lipinski definition) is 4. The third kappa shape index (κ3) is 4.74. The van der Waals surface area contributed by atoms with Crippen molar-refractivity contribution in [2.75, 3.05) is 36.5 Å². The number of nitrogens with zero attached hydrogens (tertiary/aromatic N) is 1. The second-order valence-corrected chi connectivity index (χ2v) is 6.19. The minimum Gasteiger partial charge on any atom is -0.478 e. The second kappa shape index (κ2) is 8.66. The molecule has 2 aromatic rings. The quantitative estimate of drug-likeness (QED) is 0.729. The van der Waals surface area contributed by atoms with Crippen molar-refractivity contribution in [3.63, 3.8) is 0 Å². The minimum absolute atomic E-state index is 0.141. The molecule has 2 aromatic carbocycles. The van der Waals surface area contributed by atoms with Crippen LogP contribution in [0.15, 0.2) is 36.4 Å². The van der Waals surface area contributed by atoms with E-state index in [1.165, 1.54) is 12.1 Å². The molecular formula is C19H19F2N3O4. The molecule has 3 N–H and O–H groups in total. The number of anilines is 2. The van der Waals surface area contributed by atoms with Crippen molar-refractivity contribution in [2.45, 2.75) is 6.54 Å². The molecule has 0 radical (unpaired) electrons. The van der Waals surface area contributed by atoms with Crippen LogP contribution in [0.25, 0.3) is 0 Å². The molecule has 1 aliphatic heterocycles. The number of nitrogens with one attached hydrogen (secondary N) is 2. The summed E-state index contributed by atoms with van der Waals surface area (Å²) in [5.74, 6) is -3.09. The van der Waals surface area contributed by atoms with E-state index in [1.807, 2.05) is 4.90 Å². The van der Waals surface area contributed by atoms with Crippen molar-refractivity contribution in [1.29, 1.82) is 0 Å². The van der Waals surface area contributed by atoms with Gasteiger partial charge in [0.15, 0.2) is 11.6 Å². The van der Waals surface area contributed by atoms with Gasteiger partial charge < -0.3 is 25.4 Å². The monoisotopic (exact) mass is 391 g/mol. The molecule has 0 atom stereocenters. The number of amides is 2. The molecule has 0 aromatic heterocycles. The number of carbonyl (C=O) groups excluding carboxylic acids is 1. The molecule has 7 nitrogen and oxygen atoms in total. The highest BCUT2D eigenvalue weighted by Crippen LogP contribution is 2.29. The van der Waals surface area contributed by atoms with Crippen molar-refractivity contribution in [1.82, 2.24) is 5.32 Å². The van der Waals surface area contributed by atoms with Crippen LogP contribution >= 0.6 is 0 Å². The maximum atomic E-state index is 13.7. The number of rotatable bonds is 5. The van der Waals surface area contributed by atoms with Gasteiger partial charge in [-0.15, -0.1) is 0 Å². The Balaban J connectivity index is 1.67. The lowest BCUT2D eigenvalue weighted by atomic mass is 10.1. The van der Waals surface area contributed by atoms with E-state index in [9.17, 15) is 18.4 Å². The van der Waals surface area contributed by atoms with Gasteiger partial charge in [-0.1, -0.05) is 12.1 Å². The van der Waals surface area contributed by atoms with E-state index in [0.29, 0.717) is 37.6 Å². The fraction of sp³-hybridized carbons (Fsp3) is 0.263. The molecule has 28 heavy (non-hydrogen) atoms. The van der Waals surface area contributed by atoms with E-state index in [2.05, 4.69) is 10.6 Å². The molecule has 2 amide bonds. The van der Waals surface area contributed by atoms with Gasteiger partial charge in [0.05, 0.1) is 30.2 Å². The number of carboxylic acid groups (broad SMARTS) is 1. The molecule has 0 bridgehead atoms. The lowest BCUT2D eigenvalue weighted by Gasteiger charge is -2.30. The van der Waals surface area contributed by atoms with E-state index in [0.717, 1.165) is 12.1 Å². The van der Waals surface area contributed by atoms with Crippen LogP contribution in [0.2, 0.25) is 0 Å². The molecule has 3 rings (SSSR count). The van der Waals surface area contributed by atoms with Crippen molar-refractivity contribution in [3.8, 4) is 0 Å². The van der Waals surface area contributed by atoms with Gasteiger partial charge in [-0.05, 0) is 17.7 Å². The van der Waals surface area contributed by atoms with Crippen LogP contribution in [0.4, 0.5) is 25.0 Å². The highest BCUT2D eigenvalue weighted by molar-refractivity contribution is 5.93. The number of aromatic carboxylic acids is 1. The molecule has 0 spiro atoms. The van der Waals surface area contributed by atoms with Gasteiger partial charge in [-0.25, -0.2) is 18.4 Å². The summed E-state index contributed by atoms with van der Waals surface area (Å²) in [5, 5.41) is 14.0. The molecule has 0 aliphatic carbocycles. The lowest BCUT2D eigenvalue weighted by molar-refractivity contribution is 0.0697. The van der Waals surface area contributed by atoms with Crippen molar-refractivity contribution < 1.29 is 28.2 Å². The Bertz CT molecular complexity index is 868. The van der Waals surface area contributed by atoms with Crippen LogP contribution in [-0.2, 0) is 11.3 Å². The number of carbonyl (C=O) groups is 2. The third-order valence-corrected chi connectivity index (χ3v) is 4.29. The Morgan fingerprint density at radius 3 is 2.36 bits per heavy atom. The first-order chi connectivity index (χ1) is 13.4. The molecular weight excluding hydrogens is 372 g/mol. The van der Waals surface area contributed by atoms with Gasteiger partial charge in [0.2, 0.25) is 0 Å². The number of hydrogen-bond donors (Lipinski definition) is 3. The average Bonchev–Trinajstić information content (AvgIpc) is 2.70. The van der Waals surface area contributed by atoms with Crippen LogP contribution < -0.4 is 15.5 Å². The van der Waals surface area contributed by atoms with Crippen LogP contribution in [0.3, 0.4) is 0 Å². The van der Waals surface area contributed by atoms with Gasteiger partial charge >= 0.3 is 12.0 Å². The fourth-order valence-corrected chi connectivity index (χ4v) is 2.82. The summed E-state index contributed by atoms with van der Waals surface area (Å²) in [6, 6.07) is 7.44. The Morgan fingerprint density at radius 2 is 1.71 bits per heavy atom. The maximum Gasteiger partial charge on any atom is 0.335 e. The van der Waals surface area contributed by atoms with Crippen LogP contribution in [-0.4, -0.2) is 43.4 Å². The average molecular weight is 391 g/mol. The molecule has 1 fully saturated rings. The predicted octanol–water partition coefficient (Wildman–Crippen LogP) is 2.82. The molecule has 148 valence electrons. The van der Waals surface area contributed by atoms with Crippen LogP contribution in [0, 0.1) is 11.6 Å². The highest BCUT2D eigenvalue weighted by Gasteiger charge is 2.19. The van der Waals surface area contributed by atoms with E-state index >= 15 is 0 Å². The summed E-state index contributed by atoms with van der Waals surface area (Å²) in [4.78, 5) is 24.9. The highest BCUT2D eigenvalue weighted by atomic mass is 19.2. The first-order valence-electron chi connectivity index (χ1n) is 8.63. The van der Waals surface area contributed by atoms with Gasteiger partial charge in [-0.2, -0.15) is 0 Å². The standard InChI is InChI=1S/C19H19F2N3O4/c20-14-9-16(17(10-15(14)21)24-5-7-28-8-6-24)23-19(27)22-11-12-1-3-13(4-2-12)18(25)26/h1-4,9-10H,5-8,11H2,(H,25,26)(H2,22,23,27). The van der Waals surface area contributed by atoms with Crippen LogP contribution in [0.5, 0.6) is 0 Å². The Labute approximate surface area is 159 Å². The topological polar surface area (TPSA) is 90.9 Å². The molecule has 1 aliphatic rings. The van der Waals surface area contributed by atoms with E-state index < -0.39 is 23.6 Å². The Hall–Kier alpha value is -3.20. The molecule has 0 unspecified atom stereocenters. The van der Waals surface area contributed by atoms with Crippen molar-refractivity contribution >= 4 is 23.4 Å². The Morgan fingerprint density at radius 1 is 1.07 bits per heavy atom. The van der Waals surface area contributed by atoms with Crippen molar-refractivity contribution in [3.05, 3.63) is 59.2 Å². The number of carboxylic acids is 1. The van der Waals surface area contributed by atoms with E-state index in [-0.39, 0.29) is 17.8 Å². The van der Waals surface area contributed by atoms with Gasteiger partial charge in [0.25, 0.3) is 0 Å². The van der Waals surface area contributed by atoms with Gasteiger partial charge in [0, 0.05) is 31.8 Å².